The molecule has 0 bridgehead atoms. The Morgan fingerprint density at radius 1 is 1.42 bits per heavy atom. The number of hydrogen-bond acceptors (Lipinski definition) is 6. The second-order valence-corrected chi connectivity index (χ2v) is 7.33. The van der Waals surface area contributed by atoms with Crippen molar-refractivity contribution in [3.05, 3.63) is 11.6 Å². The van der Waals surface area contributed by atoms with Crippen molar-refractivity contribution in [3.8, 4) is 0 Å². The van der Waals surface area contributed by atoms with Gasteiger partial charge in [0.1, 0.15) is 5.60 Å². The third kappa shape index (κ3) is 5.88. The second kappa shape index (κ2) is 8.18. The third-order valence-electron chi connectivity index (χ3n) is 3.35. The number of nitrogens with one attached hydrogen (secondary N) is 1. The van der Waals surface area contributed by atoms with Crippen LogP contribution in [0.25, 0.3) is 0 Å². The quantitative estimate of drug-likeness (QED) is 0.478. The van der Waals surface area contributed by atoms with Gasteiger partial charge in [0.15, 0.2) is 11.1 Å². The van der Waals surface area contributed by atoms with E-state index in [1.54, 1.807) is 11.3 Å². The summed E-state index contributed by atoms with van der Waals surface area (Å²) in [7, 11) is 0. The van der Waals surface area contributed by atoms with Crippen molar-refractivity contribution in [1.29, 1.82) is 0 Å². The largest absolute Gasteiger partial charge is 0.444 e. The molecule has 0 unspecified atom stereocenters. The van der Waals surface area contributed by atoms with E-state index >= 15 is 0 Å². The maximum absolute atomic E-state index is 11.5. The van der Waals surface area contributed by atoms with Crippen LogP contribution in [-0.2, 0) is 4.74 Å². The summed E-state index contributed by atoms with van der Waals surface area (Å²) in [4.78, 5) is 24.5. The van der Waals surface area contributed by atoms with Crippen LogP contribution >= 0.6 is 11.3 Å². The first-order valence-electron chi connectivity index (χ1n) is 8.01. The number of alkyl carbamates (subject to hydrolysis) is 1. The van der Waals surface area contributed by atoms with Gasteiger partial charge >= 0.3 is 6.09 Å². The highest BCUT2D eigenvalue weighted by molar-refractivity contribution is 7.13. The zero-order chi connectivity index (χ0) is 17.6. The Hall–Kier alpha value is -2.03. The number of anilines is 1. The Morgan fingerprint density at radius 3 is 2.71 bits per heavy atom. The van der Waals surface area contributed by atoms with E-state index in [1.807, 2.05) is 32.3 Å². The number of guanidine groups is 1. The van der Waals surface area contributed by atoms with Crippen molar-refractivity contribution in [3.63, 3.8) is 0 Å². The Kier molecular flexibility index (Phi) is 6.24. The minimum Gasteiger partial charge on any atom is -0.444 e. The normalized spacial score (nSPS) is 16.2. The number of aliphatic imine (C=N–C) groups is 1. The predicted octanol–water partition coefficient (Wildman–Crippen LogP) is 1.10. The lowest BCUT2D eigenvalue weighted by atomic mass is 10.2. The number of carbonyl (C=O) groups is 1. The molecule has 2 rings (SSSR count). The number of carbonyl (C=O) groups excluding carboxylic acids is 1. The van der Waals surface area contributed by atoms with Crippen LogP contribution in [0.1, 0.15) is 20.8 Å². The summed E-state index contributed by atoms with van der Waals surface area (Å²) in [5, 5.41) is 5.69. The van der Waals surface area contributed by atoms with E-state index in [9.17, 15) is 4.79 Å². The molecule has 1 amide bonds. The maximum Gasteiger partial charge on any atom is 0.407 e. The zero-order valence-corrected chi connectivity index (χ0v) is 15.3. The molecule has 9 heteroatoms. The lowest BCUT2D eigenvalue weighted by Crippen LogP contribution is -2.51. The summed E-state index contributed by atoms with van der Waals surface area (Å²) >= 11 is 1.65. The number of piperazine rings is 1. The van der Waals surface area contributed by atoms with E-state index in [0.29, 0.717) is 19.0 Å². The number of rotatable bonds is 4. The van der Waals surface area contributed by atoms with Gasteiger partial charge in [0, 0.05) is 44.3 Å². The van der Waals surface area contributed by atoms with E-state index in [-0.39, 0.29) is 0 Å². The van der Waals surface area contributed by atoms with Crippen LogP contribution in [0.2, 0.25) is 0 Å². The summed E-state index contributed by atoms with van der Waals surface area (Å²) in [6, 6.07) is 0. The molecule has 1 saturated heterocycles. The molecular weight excluding hydrogens is 328 g/mol. The SMILES string of the molecule is CC(C)(C)OC(=O)NCCN=C(N)N1CCN(c2nccs2)CC1. The average Bonchev–Trinajstić information content (AvgIpc) is 3.04. The molecule has 134 valence electrons. The molecule has 24 heavy (non-hydrogen) atoms. The van der Waals surface area contributed by atoms with Crippen LogP contribution in [0.4, 0.5) is 9.93 Å². The molecule has 1 fully saturated rings. The first kappa shape index (κ1) is 18.3. The smallest absolute Gasteiger partial charge is 0.407 e. The van der Waals surface area contributed by atoms with Gasteiger partial charge in [0.05, 0.1) is 6.54 Å². The van der Waals surface area contributed by atoms with Crippen molar-refractivity contribution >= 4 is 28.5 Å². The lowest BCUT2D eigenvalue weighted by molar-refractivity contribution is 0.0529. The van der Waals surface area contributed by atoms with Crippen LogP contribution in [0, 0.1) is 0 Å². The van der Waals surface area contributed by atoms with E-state index < -0.39 is 11.7 Å². The highest BCUT2D eigenvalue weighted by Gasteiger charge is 2.20. The van der Waals surface area contributed by atoms with Gasteiger partial charge in [-0.2, -0.15) is 0 Å². The number of aromatic nitrogens is 1. The van der Waals surface area contributed by atoms with Crippen LogP contribution in [0.3, 0.4) is 0 Å². The molecule has 1 aromatic rings. The minimum absolute atomic E-state index is 0.398. The molecule has 3 N–H and O–H groups in total. The summed E-state index contributed by atoms with van der Waals surface area (Å²) in [5.74, 6) is 0.514. The molecule has 1 aromatic heterocycles. The predicted molar refractivity (Wildman–Crippen MR) is 96.6 cm³/mol. The van der Waals surface area contributed by atoms with Crippen LogP contribution in [0.15, 0.2) is 16.6 Å². The number of ether oxygens (including phenoxy) is 1. The number of hydrogen-bond donors (Lipinski definition) is 2. The van der Waals surface area contributed by atoms with Crippen molar-refractivity contribution in [1.82, 2.24) is 15.2 Å². The Morgan fingerprint density at radius 2 is 2.12 bits per heavy atom. The zero-order valence-electron chi connectivity index (χ0n) is 14.5. The first-order chi connectivity index (χ1) is 11.3. The number of thiazole rings is 1. The molecule has 0 saturated carbocycles. The Balaban J connectivity index is 1.68. The molecule has 2 heterocycles. The first-order valence-corrected chi connectivity index (χ1v) is 8.89. The third-order valence-corrected chi connectivity index (χ3v) is 4.18. The molecule has 1 aliphatic rings. The van der Waals surface area contributed by atoms with Crippen molar-refractivity contribution < 1.29 is 9.53 Å². The fourth-order valence-corrected chi connectivity index (χ4v) is 2.94. The molecular formula is C15H26N6O2S. The van der Waals surface area contributed by atoms with Gasteiger partial charge in [-0.25, -0.2) is 9.78 Å². The van der Waals surface area contributed by atoms with Crippen LogP contribution < -0.4 is 16.0 Å². The van der Waals surface area contributed by atoms with Gasteiger partial charge < -0.3 is 25.6 Å². The fourth-order valence-electron chi connectivity index (χ4n) is 2.24. The number of amides is 1. The molecule has 0 radical (unpaired) electrons. The molecule has 0 aromatic carbocycles. The van der Waals surface area contributed by atoms with Crippen LogP contribution in [0.5, 0.6) is 0 Å². The van der Waals surface area contributed by atoms with Gasteiger partial charge in [-0.15, -0.1) is 11.3 Å². The second-order valence-electron chi connectivity index (χ2n) is 6.46. The summed E-state index contributed by atoms with van der Waals surface area (Å²) in [6.07, 6.45) is 1.38. The molecule has 0 atom stereocenters. The average molecular weight is 354 g/mol. The summed E-state index contributed by atoms with van der Waals surface area (Å²) < 4.78 is 5.16. The van der Waals surface area contributed by atoms with Gasteiger partial charge in [-0.1, -0.05) is 0 Å². The van der Waals surface area contributed by atoms with E-state index in [4.69, 9.17) is 10.5 Å². The van der Waals surface area contributed by atoms with E-state index in [0.717, 1.165) is 31.3 Å². The molecule has 1 aliphatic heterocycles. The molecule has 0 spiro atoms. The van der Waals surface area contributed by atoms with E-state index in [2.05, 4.69) is 25.1 Å². The van der Waals surface area contributed by atoms with Gasteiger partial charge in [0.25, 0.3) is 0 Å². The minimum atomic E-state index is -0.497. The summed E-state index contributed by atoms with van der Waals surface area (Å²) in [5.41, 5.74) is 5.54. The van der Waals surface area contributed by atoms with Gasteiger partial charge in [-0.3, -0.25) is 4.99 Å². The monoisotopic (exact) mass is 354 g/mol. The highest BCUT2D eigenvalue weighted by Crippen LogP contribution is 2.18. The van der Waals surface area contributed by atoms with Gasteiger partial charge in [-0.05, 0) is 20.8 Å². The van der Waals surface area contributed by atoms with E-state index in [1.165, 1.54) is 0 Å². The maximum atomic E-state index is 11.5. The Bertz CT molecular complexity index is 547. The molecule has 8 nitrogen and oxygen atoms in total. The van der Waals surface area contributed by atoms with Crippen molar-refractivity contribution in [2.24, 2.45) is 10.7 Å². The fraction of sp³-hybridized carbons (Fsp3) is 0.667. The lowest BCUT2D eigenvalue weighted by Gasteiger charge is -2.35. The number of nitrogens with two attached hydrogens (primary N) is 1. The Labute approximate surface area is 146 Å². The highest BCUT2D eigenvalue weighted by atomic mass is 32.1. The topological polar surface area (TPSA) is 96.1 Å². The van der Waals surface area contributed by atoms with Crippen LogP contribution in [-0.4, -0.2) is 66.8 Å². The van der Waals surface area contributed by atoms with Gasteiger partial charge in [0.2, 0.25) is 0 Å². The van der Waals surface area contributed by atoms with Crippen molar-refractivity contribution in [2.45, 2.75) is 26.4 Å². The number of nitrogens with zero attached hydrogens (tertiary/aromatic N) is 4. The standard InChI is InChI=1S/C15H26N6O2S/c1-15(2,3)23-14(22)19-5-4-17-12(16)20-7-9-21(10-8-20)13-18-6-11-24-13/h6,11H,4-5,7-10H2,1-3H3,(H2,16,17)(H,19,22). The summed E-state index contributed by atoms with van der Waals surface area (Å²) in [6.45, 7) is 9.69. The molecule has 0 aliphatic carbocycles. The van der Waals surface area contributed by atoms with Crippen molar-refractivity contribution in [2.75, 3.05) is 44.2 Å².